The maximum Gasteiger partial charge on any atom is 0.257 e. The van der Waals surface area contributed by atoms with Gasteiger partial charge in [0.1, 0.15) is 0 Å². The molecule has 0 aromatic heterocycles. The molecule has 0 heterocycles. The van der Waals surface area contributed by atoms with Crippen molar-refractivity contribution in [3.63, 3.8) is 0 Å². The summed E-state index contributed by atoms with van der Waals surface area (Å²) < 4.78 is 46.2. The highest BCUT2D eigenvalue weighted by Crippen LogP contribution is 2.15. The van der Waals surface area contributed by atoms with Gasteiger partial charge in [0, 0.05) is 10.7 Å². The number of rotatable bonds is 5. The van der Waals surface area contributed by atoms with E-state index in [1.54, 1.807) is 0 Å². The molecule has 0 saturated heterocycles. The Morgan fingerprint density at radius 2 is 1.32 bits per heavy atom. The molecule has 0 spiro atoms. The van der Waals surface area contributed by atoms with Crippen molar-refractivity contribution in [2.45, 2.75) is 9.79 Å². The molecule has 118 valence electrons. The van der Waals surface area contributed by atoms with Gasteiger partial charge in [-0.25, -0.2) is 22.0 Å². The van der Waals surface area contributed by atoms with Crippen LogP contribution >= 0.6 is 11.6 Å². The lowest BCUT2D eigenvalue weighted by Crippen LogP contribution is -2.29. The fourth-order valence-corrected chi connectivity index (χ4v) is 3.03. The van der Waals surface area contributed by atoms with Crippen molar-refractivity contribution >= 4 is 37.3 Å². The normalized spacial score (nSPS) is 12.1. The standard InChI is InChI=1S/C12H12ClN3O4S2/c13-9-1-5-12(6-2-9)22(19,20)16-15-10-3-7-11(8-4-10)21(14,17)18/h1-8,15-16H,(H2,14,17,18). The lowest BCUT2D eigenvalue weighted by molar-refractivity contribution is 0.587. The molecule has 0 aliphatic rings. The summed E-state index contributed by atoms with van der Waals surface area (Å²) in [6.45, 7) is 0. The predicted molar refractivity (Wildman–Crippen MR) is 83.2 cm³/mol. The molecule has 22 heavy (non-hydrogen) atoms. The van der Waals surface area contributed by atoms with Gasteiger partial charge in [-0.15, -0.1) is 4.83 Å². The van der Waals surface area contributed by atoms with Gasteiger partial charge in [0.15, 0.2) is 0 Å². The van der Waals surface area contributed by atoms with E-state index < -0.39 is 20.0 Å². The van der Waals surface area contributed by atoms with E-state index in [-0.39, 0.29) is 9.79 Å². The van der Waals surface area contributed by atoms with E-state index in [4.69, 9.17) is 16.7 Å². The molecule has 0 aliphatic carbocycles. The highest BCUT2D eigenvalue weighted by atomic mass is 35.5. The highest BCUT2D eigenvalue weighted by molar-refractivity contribution is 7.89. The van der Waals surface area contributed by atoms with Gasteiger partial charge in [-0.3, -0.25) is 0 Å². The molecule has 4 N–H and O–H groups in total. The van der Waals surface area contributed by atoms with Gasteiger partial charge in [0.2, 0.25) is 10.0 Å². The van der Waals surface area contributed by atoms with Crippen LogP contribution in [0.25, 0.3) is 0 Å². The molecule has 2 aromatic rings. The molecular formula is C12H12ClN3O4S2. The predicted octanol–water partition coefficient (Wildman–Crippen LogP) is 1.29. The number of nitrogens with two attached hydrogens (primary N) is 1. The number of benzene rings is 2. The lowest BCUT2D eigenvalue weighted by atomic mass is 10.3. The van der Waals surface area contributed by atoms with Gasteiger partial charge in [-0.1, -0.05) is 11.6 Å². The van der Waals surface area contributed by atoms with Crippen LogP contribution in [0.5, 0.6) is 0 Å². The molecule has 0 amide bonds. The van der Waals surface area contributed by atoms with Crippen molar-refractivity contribution in [3.05, 3.63) is 53.6 Å². The summed E-state index contributed by atoms with van der Waals surface area (Å²) in [5.74, 6) is 0. The maximum absolute atomic E-state index is 12.0. The Kier molecular flexibility index (Phi) is 4.73. The first-order valence-electron chi connectivity index (χ1n) is 5.85. The van der Waals surface area contributed by atoms with Crippen molar-refractivity contribution in [3.8, 4) is 0 Å². The van der Waals surface area contributed by atoms with E-state index in [0.29, 0.717) is 10.7 Å². The second-order valence-corrected chi connectivity index (χ2v) is 7.93. The molecule has 0 fully saturated rings. The number of hydrogen-bond donors (Lipinski definition) is 3. The van der Waals surface area contributed by atoms with Gasteiger partial charge in [0.25, 0.3) is 10.0 Å². The zero-order valence-electron chi connectivity index (χ0n) is 11.0. The Labute approximate surface area is 133 Å². The van der Waals surface area contributed by atoms with Crippen LogP contribution in [0.4, 0.5) is 5.69 Å². The fraction of sp³-hybridized carbons (Fsp3) is 0. The molecule has 0 atom stereocenters. The van der Waals surface area contributed by atoms with E-state index in [1.165, 1.54) is 48.5 Å². The van der Waals surface area contributed by atoms with Gasteiger partial charge in [-0.2, -0.15) is 0 Å². The van der Waals surface area contributed by atoms with Crippen molar-refractivity contribution in [1.29, 1.82) is 0 Å². The van der Waals surface area contributed by atoms with Crippen LogP contribution in [0.3, 0.4) is 0 Å². The number of primary sulfonamides is 1. The van der Waals surface area contributed by atoms with Gasteiger partial charge in [-0.05, 0) is 48.5 Å². The first-order valence-corrected chi connectivity index (χ1v) is 9.25. The fourth-order valence-electron chi connectivity index (χ4n) is 1.53. The summed E-state index contributed by atoms with van der Waals surface area (Å²) >= 11 is 5.70. The molecule has 7 nitrogen and oxygen atoms in total. The van der Waals surface area contributed by atoms with E-state index in [9.17, 15) is 16.8 Å². The van der Waals surface area contributed by atoms with E-state index >= 15 is 0 Å². The Morgan fingerprint density at radius 1 is 0.818 bits per heavy atom. The second-order valence-electron chi connectivity index (χ2n) is 4.25. The average Bonchev–Trinajstić information content (AvgIpc) is 2.45. The van der Waals surface area contributed by atoms with Crippen LogP contribution in [-0.4, -0.2) is 16.8 Å². The van der Waals surface area contributed by atoms with Gasteiger partial charge in [0.05, 0.1) is 9.79 Å². The highest BCUT2D eigenvalue weighted by Gasteiger charge is 2.13. The number of halogens is 1. The smallest absolute Gasteiger partial charge is 0.257 e. The number of nitrogens with one attached hydrogen (secondary N) is 2. The Morgan fingerprint density at radius 3 is 1.82 bits per heavy atom. The van der Waals surface area contributed by atoms with Crippen LogP contribution in [0.1, 0.15) is 0 Å². The summed E-state index contributed by atoms with van der Waals surface area (Å²) in [6, 6.07) is 10.9. The number of sulfonamides is 2. The first kappa shape index (κ1) is 16.7. The zero-order chi connectivity index (χ0) is 16.4. The van der Waals surface area contributed by atoms with Crippen LogP contribution in [0.15, 0.2) is 58.3 Å². The maximum atomic E-state index is 12.0. The summed E-state index contributed by atoms with van der Waals surface area (Å²) in [5.41, 5.74) is 2.82. The van der Waals surface area contributed by atoms with Gasteiger partial charge < -0.3 is 5.43 Å². The third kappa shape index (κ3) is 4.18. The van der Waals surface area contributed by atoms with Crippen LogP contribution in [0, 0.1) is 0 Å². The molecular weight excluding hydrogens is 350 g/mol. The van der Waals surface area contributed by atoms with Crippen molar-refractivity contribution in [2.24, 2.45) is 5.14 Å². The molecule has 2 aromatic carbocycles. The van der Waals surface area contributed by atoms with Crippen LogP contribution in [-0.2, 0) is 20.0 Å². The Hall–Kier alpha value is -1.65. The van der Waals surface area contributed by atoms with Crippen molar-refractivity contribution < 1.29 is 16.8 Å². The van der Waals surface area contributed by atoms with Crippen molar-refractivity contribution in [1.82, 2.24) is 4.83 Å². The Bertz CT molecular complexity index is 864. The monoisotopic (exact) mass is 361 g/mol. The van der Waals surface area contributed by atoms with Gasteiger partial charge >= 0.3 is 0 Å². The summed E-state index contributed by atoms with van der Waals surface area (Å²) in [4.78, 5) is 2.13. The quantitative estimate of drug-likeness (QED) is 0.693. The molecule has 0 radical (unpaired) electrons. The molecule has 0 aliphatic heterocycles. The van der Waals surface area contributed by atoms with Crippen LogP contribution < -0.4 is 15.4 Å². The largest absolute Gasteiger partial charge is 0.308 e. The minimum absolute atomic E-state index is 0.0329. The number of hydrazine groups is 1. The summed E-state index contributed by atoms with van der Waals surface area (Å²) in [5, 5.41) is 5.39. The van der Waals surface area contributed by atoms with E-state index in [2.05, 4.69) is 10.3 Å². The number of anilines is 1. The molecule has 0 unspecified atom stereocenters. The average molecular weight is 362 g/mol. The zero-order valence-corrected chi connectivity index (χ0v) is 13.4. The minimum Gasteiger partial charge on any atom is -0.308 e. The third-order valence-electron chi connectivity index (χ3n) is 2.64. The topological polar surface area (TPSA) is 118 Å². The van der Waals surface area contributed by atoms with E-state index in [1.807, 2.05) is 0 Å². The second kappa shape index (κ2) is 6.23. The minimum atomic E-state index is -3.79. The van der Waals surface area contributed by atoms with Crippen LogP contribution in [0.2, 0.25) is 5.02 Å². The Balaban J connectivity index is 2.10. The molecule has 0 bridgehead atoms. The lowest BCUT2D eigenvalue weighted by Gasteiger charge is -2.10. The number of hydrogen-bond acceptors (Lipinski definition) is 5. The summed E-state index contributed by atoms with van der Waals surface area (Å²) in [6.07, 6.45) is 0. The van der Waals surface area contributed by atoms with E-state index in [0.717, 1.165) is 0 Å². The van der Waals surface area contributed by atoms with Crippen molar-refractivity contribution in [2.75, 3.05) is 5.43 Å². The SMILES string of the molecule is NS(=O)(=O)c1ccc(NNS(=O)(=O)c2ccc(Cl)cc2)cc1. The first-order chi connectivity index (χ1) is 10.2. The summed E-state index contributed by atoms with van der Waals surface area (Å²) in [7, 11) is -7.57. The molecule has 10 heteroatoms. The molecule has 0 saturated carbocycles. The molecule has 2 rings (SSSR count). The third-order valence-corrected chi connectivity index (χ3v) is 5.08.